The highest BCUT2D eigenvalue weighted by molar-refractivity contribution is 7.89. The third-order valence-corrected chi connectivity index (χ3v) is 4.68. The molecule has 0 aliphatic carbocycles. The number of hydrogen-bond donors (Lipinski definition) is 2. The minimum atomic E-state index is -3.93. The quantitative estimate of drug-likeness (QED) is 0.787. The fraction of sp³-hybridized carbons (Fsp3) is 0.133. The number of hydrogen-bond acceptors (Lipinski definition) is 4. The molecule has 0 aromatic heterocycles. The van der Waals surface area contributed by atoms with Crippen LogP contribution in [0.15, 0.2) is 35.2 Å². The van der Waals surface area contributed by atoms with Gasteiger partial charge in [-0.15, -0.1) is 0 Å². The molecule has 134 valence electrons. The van der Waals surface area contributed by atoms with Gasteiger partial charge in [-0.25, -0.2) is 26.3 Å². The number of carbonyl (C=O) groups excluding carboxylic acids is 1. The minimum absolute atomic E-state index is 0.00935. The van der Waals surface area contributed by atoms with Crippen LogP contribution in [0.3, 0.4) is 0 Å². The monoisotopic (exact) mass is 374 g/mol. The Bertz CT molecular complexity index is 933. The van der Waals surface area contributed by atoms with Gasteiger partial charge in [-0.05, 0) is 25.2 Å². The third kappa shape index (κ3) is 3.91. The second-order valence-electron chi connectivity index (χ2n) is 4.77. The molecule has 0 saturated carbocycles. The van der Waals surface area contributed by atoms with Crippen molar-refractivity contribution in [2.75, 3.05) is 19.5 Å². The lowest BCUT2D eigenvalue weighted by Crippen LogP contribution is -2.21. The van der Waals surface area contributed by atoms with Crippen LogP contribution in [-0.2, 0) is 10.0 Å². The summed E-state index contributed by atoms with van der Waals surface area (Å²) >= 11 is 0. The second-order valence-corrected chi connectivity index (χ2v) is 6.63. The van der Waals surface area contributed by atoms with E-state index < -0.39 is 39.1 Å². The Labute approximate surface area is 141 Å². The van der Waals surface area contributed by atoms with E-state index in [-0.39, 0.29) is 22.3 Å². The molecule has 10 heteroatoms. The first kappa shape index (κ1) is 18.7. The van der Waals surface area contributed by atoms with Gasteiger partial charge in [-0.1, -0.05) is 0 Å². The van der Waals surface area contributed by atoms with Gasteiger partial charge in [-0.2, -0.15) is 0 Å². The molecule has 0 radical (unpaired) electrons. The maximum Gasteiger partial charge on any atom is 0.255 e. The van der Waals surface area contributed by atoms with E-state index in [1.54, 1.807) is 0 Å². The first-order chi connectivity index (χ1) is 11.7. The first-order valence-electron chi connectivity index (χ1n) is 6.77. The van der Waals surface area contributed by atoms with Crippen LogP contribution < -0.4 is 14.8 Å². The lowest BCUT2D eigenvalue weighted by atomic mass is 10.2. The average molecular weight is 374 g/mol. The molecule has 0 bridgehead atoms. The number of sulfonamides is 1. The van der Waals surface area contributed by atoms with Crippen molar-refractivity contribution in [1.82, 2.24) is 4.72 Å². The molecular weight excluding hydrogens is 361 g/mol. The zero-order chi connectivity index (χ0) is 18.8. The van der Waals surface area contributed by atoms with E-state index in [2.05, 4.69) is 10.0 Å². The molecule has 0 unspecified atom stereocenters. The highest BCUT2D eigenvalue weighted by Crippen LogP contribution is 2.25. The van der Waals surface area contributed by atoms with Crippen LogP contribution in [0.25, 0.3) is 0 Å². The molecule has 2 aromatic rings. The molecule has 1 amide bonds. The van der Waals surface area contributed by atoms with Gasteiger partial charge in [0.05, 0.1) is 12.8 Å². The highest BCUT2D eigenvalue weighted by atomic mass is 32.2. The van der Waals surface area contributed by atoms with Crippen LogP contribution >= 0.6 is 0 Å². The first-order valence-corrected chi connectivity index (χ1v) is 8.25. The summed E-state index contributed by atoms with van der Waals surface area (Å²) in [5.41, 5.74) is -0.739. The van der Waals surface area contributed by atoms with Gasteiger partial charge < -0.3 is 10.1 Å². The smallest absolute Gasteiger partial charge is 0.255 e. The summed E-state index contributed by atoms with van der Waals surface area (Å²) in [6, 6.07) is 4.26. The fourth-order valence-corrected chi connectivity index (χ4v) is 2.87. The number of amides is 1. The van der Waals surface area contributed by atoms with Crippen molar-refractivity contribution in [2.24, 2.45) is 0 Å². The number of anilines is 1. The van der Waals surface area contributed by atoms with E-state index in [4.69, 9.17) is 4.74 Å². The van der Waals surface area contributed by atoms with Crippen molar-refractivity contribution in [2.45, 2.75) is 4.90 Å². The molecule has 0 spiro atoms. The standard InChI is InChI=1S/C15H13F3N2O4S/c1-19-25(22,23)14-5-8(3-4-13(14)24-2)15(21)20-12-7-10(17)9(16)6-11(12)18/h3-7,19H,1-2H3,(H,20,21). The number of halogens is 3. The van der Waals surface area contributed by atoms with E-state index in [0.29, 0.717) is 6.07 Å². The maximum atomic E-state index is 13.6. The summed E-state index contributed by atoms with van der Waals surface area (Å²) in [5.74, 6) is -4.85. The maximum absolute atomic E-state index is 13.6. The molecule has 2 N–H and O–H groups in total. The third-order valence-electron chi connectivity index (χ3n) is 3.24. The molecule has 2 aromatic carbocycles. The number of benzene rings is 2. The summed E-state index contributed by atoms with van der Waals surface area (Å²) < 4.78 is 70.7. The Morgan fingerprint density at radius 1 is 1.04 bits per heavy atom. The Morgan fingerprint density at radius 3 is 2.28 bits per heavy atom. The van der Waals surface area contributed by atoms with Gasteiger partial charge >= 0.3 is 0 Å². The highest BCUT2D eigenvalue weighted by Gasteiger charge is 2.21. The molecule has 0 aliphatic heterocycles. The van der Waals surface area contributed by atoms with Crippen molar-refractivity contribution in [3.63, 3.8) is 0 Å². The molecule has 0 heterocycles. The summed E-state index contributed by atoms with van der Waals surface area (Å²) in [5, 5.41) is 2.05. The fourth-order valence-electron chi connectivity index (χ4n) is 1.95. The van der Waals surface area contributed by atoms with Gasteiger partial charge in [0.15, 0.2) is 11.6 Å². The van der Waals surface area contributed by atoms with Crippen LogP contribution in [0.1, 0.15) is 10.4 Å². The van der Waals surface area contributed by atoms with Gasteiger partial charge in [-0.3, -0.25) is 4.79 Å². The normalized spacial score (nSPS) is 11.2. The average Bonchev–Trinajstić information content (AvgIpc) is 2.58. The molecule has 6 nitrogen and oxygen atoms in total. The number of methoxy groups -OCH3 is 1. The molecule has 0 atom stereocenters. The topological polar surface area (TPSA) is 84.5 Å². The van der Waals surface area contributed by atoms with Crippen molar-refractivity contribution in [3.05, 3.63) is 53.3 Å². The zero-order valence-corrected chi connectivity index (χ0v) is 13.9. The van der Waals surface area contributed by atoms with Gasteiger partial charge in [0.2, 0.25) is 10.0 Å². The van der Waals surface area contributed by atoms with Crippen LogP contribution in [0.4, 0.5) is 18.9 Å². The summed E-state index contributed by atoms with van der Waals surface area (Å²) in [6.07, 6.45) is 0. The number of carbonyl (C=O) groups is 1. The van der Waals surface area contributed by atoms with E-state index in [1.165, 1.54) is 26.3 Å². The van der Waals surface area contributed by atoms with Crippen LogP contribution in [0.5, 0.6) is 5.75 Å². The van der Waals surface area contributed by atoms with E-state index in [1.807, 2.05) is 0 Å². The SMILES string of the molecule is CNS(=O)(=O)c1cc(C(=O)Nc2cc(F)c(F)cc2F)ccc1OC. The number of nitrogens with one attached hydrogen (secondary N) is 2. The number of ether oxygens (including phenoxy) is 1. The summed E-state index contributed by atoms with van der Waals surface area (Å²) in [7, 11) is -1.50. The molecule has 25 heavy (non-hydrogen) atoms. The van der Waals surface area contributed by atoms with Gasteiger partial charge in [0.1, 0.15) is 16.5 Å². The minimum Gasteiger partial charge on any atom is -0.495 e. The largest absolute Gasteiger partial charge is 0.495 e. The van der Waals surface area contributed by atoms with E-state index in [9.17, 15) is 26.4 Å². The Kier molecular flexibility index (Phi) is 5.33. The van der Waals surface area contributed by atoms with Crippen molar-refractivity contribution >= 4 is 21.6 Å². The molecule has 0 aliphatic rings. The van der Waals surface area contributed by atoms with Crippen LogP contribution in [0, 0.1) is 17.5 Å². The van der Waals surface area contributed by atoms with Crippen molar-refractivity contribution in [3.8, 4) is 5.75 Å². The predicted molar refractivity (Wildman–Crippen MR) is 83.5 cm³/mol. The lowest BCUT2D eigenvalue weighted by molar-refractivity contribution is 0.102. The van der Waals surface area contributed by atoms with Crippen LogP contribution in [0.2, 0.25) is 0 Å². The predicted octanol–water partition coefficient (Wildman–Crippen LogP) is 2.27. The summed E-state index contributed by atoms with van der Waals surface area (Å²) in [6.45, 7) is 0. The molecule has 0 fully saturated rings. The van der Waals surface area contributed by atoms with Gasteiger partial charge in [0.25, 0.3) is 5.91 Å². The Balaban J connectivity index is 2.41. The van der Waals surface area contributed by atoms with E-state index >= 15 is 0 Å². The second kappa shape index (κ2) is 7.11. The van der Waals surface area contributed by atoms with Gasteiger partial charge in [0, 0.05) is 17.7 Å². The molecule has 0 saturated heterocycles. The summed E-state index contributed by atoms with van der Waals surface area (Å²) in [4.78, 5) is 11.9. The van der Waals surface area contributed by atoms with E-state index in [0.717, 1.165) is 6.07 Å². The molecule has 2 rings (SSSR count). The lowest BCUT2D eigenvalue weighted by Gasteiger charge is -2.11. The Hall–Kier alpha value is -2.59. The zero-order valence-electron chi connectivity index (χ0n) is 13.1. The Morgan fingerprint density at radius 2 is 1.68 bits per heavy atom. The van der Waals surface area contributed by atoms with Crippen molar-refractivity contribution < 1.29 is 31.1 Å². The molecular formula is C15H13F3N2O4S. The van der Waals surface area contributed by atoms with Crippen molar-refractivity contribution in [1.29, 1.82) is 0 Å². The number of rotatable bonds is 5. The van der Waals surface area contributed by atoms with Crippen LogP contribution in [-0.4, -0.2) is 28.5 Å².